The molecule has 0 aliphatic carbocycles. The average molecular weight is 1520 g/mol. The second-order valence-electron chi connectivity index (χ2n) is 30.8. The van der Waals surface area contributed by atoms with Gasteiger partial charge in [-0.15, -0.1) is 0 Å². The highest BCUT2D eigenvalue weighted by Gasteiger charge is 2.30. The lowest BCUT2D eigenvalue weighted by Crippen LogP contribution is -2.30. The quantitative estimate of drug-likeness (QED) is 0.0222. The number of aliphatic hydroxyl groups is 1. The molecule has 0 spiro atoms. The topological polar surface area (TPSA) is 237 Å². The molecular weight excluding hydrogens is 1350 g/mol. The normalized spacial score (nSPS) is 14.0. The number of carbonyl (C=O) groups is 4. The SMILES string of the molecule is CCCCCCCCCCCCCCCCCCCCCCCCC(=O)OC[C@H](COP(=O)(O)OC[C@@H](O)COP(=O)(O)OC[C@@H](COC(=O)CCCCCCCCCC)OC(=O)CCCCCCCCCCCCCC)OC(=O)CCCCCCCCCCCCCCCCCCCCC(C)CC. The number of phosphoric ester groups is 2. The fourth-order valence-corrected chi connectivity index (χ4v) is 14.8. The van der Waals surface area contributed by atoms with Gasteiger partial charge in [0.05, 0.1) is 26.4 Å². The van der Waals surface area contributed by atoms with Crippen molar-refractivity contribution in [1.82, 2.24) is 0 Å². The van der Waals surface area contributed by atoms with E-state index in [0.29, 0.717) is 25.7 Å². The zero-order valence-corrected chi connectivity index (χ0v) is 70.0. The number of hydrogen-bond acceptors (Lipinski definition) is 15. The zero-order chi connectivity index (χ0) is 76.2. The van der Waals surface area contributed by atoms with Crippen molar-refractivity contribution in [3.63, 3.8) is 0 Å². The molecule has 618 valence electrons. The van der Waals surface area contributed by atoms with E-state index in [1.807, 2.05) is 0 Å². The molecule has 0 aliphatic heterocycles. The summed E-state index contributed by atoms with van der Waals surface area (Å²) in [6.45, 7) is 7.38. The maximum atomic E-state index is 13.1. The van der Waals surface area contributed by atoms with Crippen LogP contribution in [0.1, 0.15) is 458 Å². The largest absolute Gasteiger partial charge is 0.472 e. The van der Waals surface area contributed by atoms with Crippen LogP contribution >= 0.6 is 15.6 Å². The van der Waals surface area contributed by atoms with Crippen LogP contribution < -0.4 is 0 Å². The lowest BCUT2D eigenvalue weighted by Gasteiger charge is -2.21. The molecule has 0 fully saturated rings. The van der Waals surface area contributed by atoms with Crippen LogP contribution in [0.25, 0.3) is 0 Å². The maximum absolute atomic E-state index is 13.1. The summed E-state index contributed by atoms with van der Waals surface area (Å²) in [6.07, 6.45) is 71.0. The van der Waals surface area contributed by atoms with Gasteiger partial charge in [0.15, 0.2) is 12.2 Å². The standard InChI is InChI=1S/C85H166O17P2/c1-6-10-13-16-19-22-24-26-27-28-29-30-31-32-36-39-42-46-49-54-59-64-69-83(88)96-75-81(102-85(90)71-66-61-56-51-47-43-40-37-34-33-35-38-41-44-48-52-57-62-67-78(5)9-4)77-100-104(93,94)98-73-79(86)72-97-103(91,92)99-76-80(74-95-82(87)68-63-58-53-21-18-15-12-8-3)101-84(89)70-65-60-55-50-45-25-23-20-17-14-11-7-2/h78-81,86H,6-77H2,1-5H3,(H,91,92)(H,93,94)/t78?,79-,80+,81+/m0/s1. The maximum Gasteiger partial charge on any atom is 0.472 e. The van der Waals surface area contributed by atoms with E-state index in [4.69, 9.17) is 37.0 Å². The minimum Gasteiger partial charge on any atom is -0.462 e. The minimum atomic E-state index is -4.96. The number of carbonyl (C=O) groups excluding carboxylic acids is 4. The Morgan fingerprint density at radius 1 is 0.269 bits per heavy atom. The summed E-state index contributed by atoms with van der Waals surface area (Å²) >= 11 is 0. The zero-order valence-electron chi connectivity index (χ0n) is 68.2. The molecule has 3 N–H and O–H groups in total. The van der Waals surface area contributed by atoms with Crippen molar-refractivity contribution < 1.29 is 80.2 Å². The van der Waals surface area contributed by atoms with Crippen LogP contribution in [-0.2, 0) is 65.4 Å². The number of rotatable bonds is 85. The molecule has 0 saturated heterocycles. The number of ether oxygens (including phenoxy) is 4. The Labute approximate surface area is 638 Å². The van der Waals surface area contributed by atoms with Gasteiger partial charge in [-0.3, -0.25) is 37.3 Å². The summed E-state index contributed by atoms with van der Waals surface area (Å²) in [4.78, 5) is 73.0. The second kappa shape index (κ2) is 77.8. The third-order valence-electron chi connectivity index (χ3n) is 20.4. The minimum absolute atomic E-state index is 0.108. The fraction of sp³-hybridized carbons (Fsp3) is 0.953. The van der Waals surface area contributed by atoms with Crippen molar-refractivity contribution in [2.24, 2.45) is 5.92 Å². The molecule has 104 heavy (non-hydrogen) atoms. The van der Waals surface area contributed by atoms with Gasteiger partial charge in [-0.2, -0.15) is 0 Å². The summed E-state index contributed by atoms with van der Waals surface area (Å²) in [5.74, 6) is -1.23. The Bertz CT molecular complexity index is 1980. The molecular formula is C85H166O17P2. The van der Waals surface area contributed by atoms with Gasteiger partial charge in [-0.05, 0) is 31.6 Å². The van der Waals surface area contributed by atoms with Gasteiger partial charge in [0.2, 0.25) is 0 Å². The average Bonchev–Trinajstić information content (AvgIpc) is 0.905. The summed E-state index contributed by atoms with van der Waals surface area (Å²) in [6, 6.07) is 0. The molecule has 0 aromatic rings. The van der Waals surface area contributed by atoms with Crippen LogP contribution in [0.5, 0.6) is 0 Å². The number of unbranched alkanes of at least 4 members (excludes halogenated alkanes) is 56. The summed E-state index contributed by atoms with van der Waals surface area (Å²) < 4.78 is 68.7. The van der Waals surface area contributed by atoms with Crippen LogP contribution in [0, 0.1) is 5.92 Å². The molecule has 0 aromatic heterocycles. The van der Waals surface area contributed by atoms with E-state index in [1.165, 1.54) is 276 Å². The summed E-state index contributed by atoms with van der Waals surface area (Å²) in [5.41, 5.74) is 0. The smallest absolute Gasteiger partial charge is 0.462 e. The molecule has 0 heterocycles. The van der Waals surface area contributed by atoms with Crippen molar-refractivity contribution >= 4 is 39.5 Å². The molecule has 6 atom stereocenters. The molecule has 3 unspecified atom stereocenters. The van der Waals surface area contributed by atoms with Crippen LogP contribution in [0.2, 0.25) is 0 Å². The fourth-order valence-electron chi connectivity index (χ4n) is 13.3. The molecule has 0 radical (unpaired) electrons. The molecule has 0 saturated carbocycles. The van der Waals surface area contributed by atoms with Crippen LogP contribution in [0.15, 0.2) is 0 Å². The molecule has 17 nitrogen and oxygen atoms in total. The number of esters is 4. The highest BCUT2D eigenvalue weighted by Crippen LogP contribution is 2.45. The van der Waals surface area contributed by atoms with Crippen LogP contribution in [0.3, 0.4) is 0 Å². The van der Waals surface area contributed by atoms with E-state index >= 15 is 0 Å². The van der Waals surface area contributed by atoms with Gasteiger partial charge < -0.3 is 33.8 Å². The summed E-state index contributed by atoms with van der Waals surface area (Å²) in [7, 11) is -9.92. The van der Waals surface area contributed by atoms with Crippen molar-refractivity contribution in [1.29, 1.82) is 0 Å². The lowest BCUT2D eigenvalue weighted by molar-refractivity contribution is -0.161. The highest BCUT2D eigenvalue weighted by molar-refractivity contribution is 7.47. The lowest BCUT2D eigenvalue weighted by atomic mass is 9.99. The van der Waals surface area contributed by atoms with E-state index in [2.05, 4.69) is 34.6 Å². The van der Waals surface area contributed by atoms with Gasteiger partial charge in [-0.25, -0.2) is 9.13 Å². The van der Waals surface area contributed by atoms with Crippen LogP contribution in [-0.4, -0.2) is 96.7 Å². The second-order valence-corrected chi connectivity index (χ2v) is 33.7. The van der Waals surface area contributed by atoms with Gasteiger partial charge in [0.25, 0.3) is 0 Å². The van der Waals surface area contributed by atoms with Crippen molar-refractivity contribution in [3.05, 3.63) is 0 Å². The Morgan fingerprint density at radius 2 is 0.462 bits per heavy atom. The Kier molecular flexibility index (Phi) is 76.3. The molecule has 0 amide bonds. The first kappa shape index (κ1) is 102. The summed E-state index contributed by atoms with van der Waals surface area (Å²) in [5, 5.41) is 10.6. The van der Waals surface area contributed by atoms with E-state index < -0.39 is 97.5 Å². The third kappa shape index (κ3) is 76.8. The predicted molar refractivity (Wildman–Crippen MR) is 428 cm³/mol. The van der Waals surface area contributed by atoms with E-state index in [9.17, 15) is 43.2 Å². The van der Waals surface area contributed by atoms with Crippen molar-refractivity contribution in [2.75, 3.05) is 39.6 Å². The van der Waals surface area contributed by atoms with Gasteiger partial charge in [-0.1, -0.05) is 407 Å². The van der Waals surface area contributed by atoms with Gasteiger partial charge >= 0.3 is 39.5 Å². The van der Waals surface area contributed by atoms with E-state index in [-0.39, 0.29) is 25.7 Å². The predicted octanol–water partition coefficient (Wildman–Crippen LogP) is 26.0. The Morgan fingerprint density at radius 3 is 0.683 bits per heavy atom. The van der Waals surface area contributed by atoms with Gasteiger partial charge in [0.1, 0.15) is 19.3 Å². The van der Waals surface area contributed by atoms with Crippen LogP contribution in [0.4, 0.5) is 0 Å². The molecule has 19 heteroatoms. The monoisotopic (exact) mass is 1520 g/mol. The van der Waals surface area contributed by atoms with Crippen molar-refractivity contribution in [2.45, 2.75) is 477 Å². The number of aliphatic hydroxyl groups excluding tert-OH is 1. The van der Waals surface area contributed by atoms with E-state index in [1.54, 1.807) is 0 Å². The number of phosphoric acid groups is 2. The molecule has 0 aromatic carbocycles. The Hall–Kier alpha value is -1.94. The number of hydrogen-bond donors (Lipinski definition) is 3. The first-order chi connectivity index (χ1) is 50.6. The molecule has 0 aliphatic rings. The Balaban J connectivity index is 5.15. The first-order valence-corrected chi connectivity index (χ1v) is 47.2. The molecule has 0 rings (SSSR count). The van der Waals surface area contributed by atoms with E-state index in [0.717, 1.165) is 102 Å². The van der Waals surface area contributed by atoms with Crippen molar-refractivity contribution in [3.8, 4) is 0 Å². The highest BCUT2D eigenvalue weighted by atomic mass is 31.2. The third-order valence-corrected chi connectivity index (χ3v) is 22.3. The molecule has 0 bridgehead atoms. The first-order valence-electron chi connectivity index (χ1n) is 44.2. The van der Waals surface area contributed by atoms with Gasteiger partial charge in [0, 0.05) is 25.7 Å².